The van der Waals surface area contributed by atoms with E-state index in [1.807, 2.05) is 13.8 Å². The molecule has 1 unspecified atom stereocenters. The van der Waals surface area contributed by atoms with Crippen molar-refractivity contribution in [3.63, 3.8) is 0 Å². The van der Waals surface area contributed by atoms with Crippen LogP contribution >= 0.6 is 34.2 Å². The van der Waals surface area contributed by atoms with Crippen molar-refractivity contribution >= 4 is 61.7 Å². The number of hydrogen-bond donors (Lipinski definition) is 1. The Morgan fingerprint density at radius 3 is 2.21 bits per heavy atom. The first kappa shape index (κ1) is 27.4. The van der Waals surface area contributed by atoms with Gasteiger partial charge in [-0.25, -0.2) is 8.42 Å². The van der Waals surface area contributed by atoms with Crippen LogP contribution in [0.4, 0.5) is 5.69 Å². The van der Waals surface area contributed by atoms with E-state index < -0.39 is 28.5 Å². The fraction of sp³-hybridized carbons (Fsp3) is 0.391. The maximum atomic E-state index is 13.4. The number of halogens is 2. The number of rotatable bonds is 10. The Morgan fingerprint density at radius 2 is 1.67 bits per heavy atom. The van der Waals surface area contributed by atoms with E-state index in [0.29, 0.717) is 22.8 Å². The number of carbonyl (C=O) groups excluding carboxylic acids is 2. The minimum atomic E-state index is -3.75. The summed E-state index contributed by atoms with van der Waals surface area (Å²) in [5, 5.41) is 3.30. The molecule has 0 aromatic heterocycles. The lowest BCUT2D eigenvalue weighted by Gasteiger charge is -2.31. The Labute approximate surface area is 214 Å². The molecule has 0 bridgehead atoms. The van der Waals surface area contributed by atoms with Crippen LogP contribution in [0.15, 0.2) is 48.5 Å². The van der Waals surface area contributed by atoms with E-state index in [9.17, 15) is 18.0 Å². The lowest BCUT2D eigenvalue weighted by molar-refractivity contribution is -0.139. The number of amides is 2. The van der Waals surface area contributed by atoms with E-state index in [1.54, 1.807) is 55.5 Å². The average Bonchev–Trinajstić information content (AvgIpc) is 2.74. The van der Waals surface area contributed by atoms with Crippen LogP contribution < -0.4 is 9.62 Å². The summed E-state index contributed by atoms with van der Waals surface area (Å²) < 4.78 is 27.0. The van der Waals surface area contributed by atoms with Crippen LogP contribution in [-0.2, 0) is 26.2 Å². The summed E-state index contributed by atoms with van der Waals surface area (Å²) in [7, 11) is -3.75. The molecule has 7 nitrogen and oxygen atoms in total. The molecule has 0 aliphatic rings. The monoisotopic (exact) mass is 605 g/mol. The fourth-order valence-electron chi connectivity index (χ4n) is 3.07. The fourth-order valence-corrected chi connectivity index (χ4v) is 4.47. The van der Waals surface area contributed by atoms with Crippen LogP contribution in [0.1, 0.15) is 26.3 Å². The normalized spacial score (nSPS) is 12.3. The van der Waals surface area contributed by atoms with Crippen molar-refractivity contribution < 1.29 is 18.0 Å². The van der Waals surface area contributed by atoms with Gasteiger partial charge in [0.1, 0.15) is 12.6 Å². The van der Waals surface area contributed by atoms with Gasteiger partial charge in [0, 0.05) is 21.7 Å². The Hall–Kier alpha value is -1.85. The van der Waals surface area contributed by atoms with Gasteiger partial charge in [0.25, 0.3) is 0 Å². The highest BCUT2D eigenvalue weighted by atomic mass is 127. The van der Waals surface area contributed by atoms with Crippen LogP contribution in [0.5, 0.6) is 0 Å². The lowest BCUT2D eigenvalue weighted by Crippen LogP contribution is -2.51. The molecule has 1 N–H and O–H groups in total. The lowest BCUT2D eigenvalue weighted by atomic mass is 10.1. The van der Waals surface area contributed by atoms with Crippen LogP contribution in [-0.4, -0.2) is 50.5 Å². The van der Waals surface area contributed by atoms with Crippen LogP contribution in [0.25, 0.3) is 0 Å². The molecule has 33 heavy (non-hydrogen) atoms. The number of nitrogens with one attached hydrogen (secondary N) is 1. The molecule has 2 aromatic rings. The highest BCUT2D eigenvalue weighted by Crippen LogP contribution is 2.22. The predicted octanol–water partition coefficient (Wildman–Crippen LogP) is 3.90. The zero-order valence-electron chi connectivity index (χ0n) is 19.1. The zero-order valence-corrected chi connectivity index (χ0v) is 22.8. The van der Waals surface area contributed by atoms with Gasteiger partial charge in [-0.05, 0) is 71.3 Å². The third kappa shape index (κ3) is 8.15. The smallest absolute Gasteiger partial charge is 0.244 e. The Bertz CT molecular complexity index is 1080. The van der Waals surface area contributed by atoms with E-state index >= 15 is 0 Å². The number of sulfonamides is 1. The number of hydrogen-bond acceptors (Lipinski definition) is 4. The summed E-state index contributed by atoms with van der Waals surface area (Å²) >= 11 is 8.42. The maximum absolute atomic E-state index is 13.4. The average molecular weight is 606 g/mol. The van der Waals surface area contributed by atoms with Gasteiger partial charge in [-0.1, -0.05) is 43.6 Å². The van der Waals surface area contributed by atoms with E-state index in [1.165, 1.54) is 4.90 Å². The Kier molecular flexibility index (Phi) is 9.99. The first-order valence-electron chi connectivity index (χ1n) is 10.4. The second kappa shape index (κ2) is 12.0. The summed E-state index contributed by atoms with van der Waals surface area (Å²) in [6.45, 7) is 5.67. The van der Waals surface area contributed by atoms with E-state index in [2.05, 4.69) is 27.9 Å². The molecular weight excluding hydrogens is 577 g/mol. The minimum Gasteiger partial charge on any atom is -0.354 e. The van der Waals surface area contributed by atoms with Gasteiger partial charge in [0.15, 0.2) is 0 Å². The molecule has 0 saturated carbocycles. The third-order valence-corrected chi connectivity index (χ3v) is 7.17. The Balaban J connectivity index is 2.36. The summed E-state index contributed by atoms with van der Waals surface area (Å²) in [6, 6.07) is 13.0. The summed E-state index contributed by atoms with van der Waals surface area (Å²) in [5.74, 6) is -0.578. The van der Waals surface area contributed by atoms with Gasteiger partial charge >= 0.3 is 0 Å². The molecule has 0 aliphatic heterocycles. The van der Waals surface area contributed by atoms with Crippen molar-refractivity contribution in [3.05, 3.63) is 62.7 Å². The van der Waals surface area contributed by atoms with E-state index in [4.69, 9.17) is 11.6 Å². The van der Waals surface area contributed by atoms with Gasteiger partial charge < -0.3 is 10.2 Å². The van der Waals surface area contributed by atoms with Crippen LogP contribution in [0.3, 0.4) is 0 Å². The Morgan fingerprint density at radius 1 is 1.06 bits per heavy atom. The first-order chi connectivity index (χ1) is 15.4. The van der Waals surface area contributed by atoms with Crippen molar-refractivity contribution in [2.45, 2.75) is 33.4 Å². The van der Waals surface area contributed by atoms with Gasteiger partial charge in [-0.3, -0.25) is 13.9 Å². The van der Waals surface area contributed by atoms with Gasteiger partial charge in [0.05, 0.1) is 11.9 Å². The number of benzene rings is 2. The summed E-state index contributed by atoms with van der Waals surface area (Å²) in [4.78, 5) is 27.6. The number of anilines is 1. The van der Waals surface area contributed by atoms with E-state index in [-0.39, 0.29) is 18.4 Å². The molecule has 1 atom stereocenters. The molecular formula is C23H29ClIN3O4S. The van der Waals surface area contributed by atoms with Gasteiger partial charge in [0.2, 0.25) is 21.8 Å². The van der Waals surface area contributed by atoms with Gasteiger partial charge in [-0.15, -0.1) is 0 Å². The van der Waals surface area contributed by atoms with Crippen molar-refractivity contribution in [3.8, 4) is 0 Å². The van der Waals surface area contributed by atoms with Crippen molar-refractivity contribution in [1.29, 1.82) is 0 Å². The second-order valence-corrected chi connectivity index (χ2v) is 11.7. The highest BCUT2D eigenvalue weighted by molar-refractivity contribution is 14.1. The molecule has 2 amide bonds. The molecule has 0 saturated heterocycles. The van der Waals surface area contributed by atoms with Crippen LogP contribution in [0, 0.1) is 9.49 Å². The van der Waals surface area contributed by atoms with Crippen LogP contribution in [0.2, 0.25) is 5.02 Å². The van der Waals surface area contributed by atoms with Gasteiger partial charge in [-0.2, -0.15) is 0 Å². The summed E-state index contributed by atoms with van der Waals surface area (Å²) in [6.07, 6.45) is 1.05. The molecule has 2 aromatic carbocycles. The standard InChI is InChI=1S/C23H29ClIN3O4S/c1-16(2)13-26-23(30)17(3)27(14-18-7-5-6-8-21(18)24)22(29)15-28(33(4,31)32)20-11-9-19(25)10-12-20/h5-12,16-17H,13-15H2,1-4H3,(H,26,30). The number of carbonyl (C=O) groups is 2. The van der Waals surface area contributed by atoms with E-state index in [0.717, 1.165) is 14.1 Å². The minimum absolute atomic E-state index is 0.0685. The van der Waals surface area contributed by atoms with Crippen molar-refractivity contribution in [2.75, 3.05) is 23.7 Å². The molecule has 0 spiro atoms. The quantitative estimate of drug-likeness (QED) is 0.417. The molecule has 10 heteroatoms. The molecule has 2 rings (SSSR count). The topological polar surface area (TPSA) is 86.8 Å². The third-order valence-electron chi connectivity index (χ3n) is 4.94. The highest BCUT2D eigenvalue weighted by Gasteiger charge is 2.30. The molecule has 0 radical (unpaired) electrons. The van der Waals surface area contributed by atoms with Crippen molar-refractivity contribution in [2.24, 2.45) is 5.92 Å². The zero-order chi connectivity index (χ0) is 24.8. The van der Waals surface area contributed by atoms with Crippen molar-refractivity contribution in [1.82, 2.24) is 10.2 Å². The maximum Gasteiger partial charge on any atom is 0.244 e. The second-order valence-electron chi connectivity index (χ2n) is 8.17. The summed E-state index contributed by atoms with van der Waals surface area (Å²) in [5.41, 5.74) is 1.04. The SMILES string of the molecule is CC(C)CNC(=O)C(C)N(Cc1ccccc1Cl)C(=O)CN(c1ccc(I)cc1)S(C)(=O)=O. The molecule has 0 heterocycles. The molecule has 0 fully saturated rings. The molecule has 180 valence electrons. The predicted molar refractivity (Wildman–Crippen MR) is 141 cm³/mol. The first-order valence-corrected chi connectivity index (χ1v) is 13.7. The number of nitrogens with zero attached hydrogens (tertiary/aromatic N) is 2. The largest absolute Gasteiger partial charge is 0.354 e. The molecule has 0 aliphatic carbocycles.